The third-order valence-electron chi connectivity index (χ3n) is 18.4. The highest BCUT2D eigenvalue weighted by molar-refractivity contribution is 6.04. The van der Waals surface area contributed by atoms with Crippen molar-refractivity contribution in [3.63, 3.8) is 0 Å². The van der Waals surface area contributed by atoms with Gasteiger partial charge in [-0.3, -0.25) is 44.5 Å². The van der Waals surface area contributed by atoms with Crippen molar-refractivity contribution < 1.29 is 118 Å². The van der Waals surface area contributed by atoms with Gasteiger partial charge in [-0.05, 0) is 79.3 Å². The number of anilines is 1. The molecule has 0 aromatic heterocycles. The van der Waals surface area contributed by atoms with Crippen molar-refractivity contribution in [2.75, 3.05) is 51.0 Å². The van der Waals surface area contributed by atoms with Crippen LogP contribution in [0.1, 0.15) is 42.0 Å². The molecule has 5 fully saturated rings. The summed E-state index contributed by atoms with van der Waals surface area (Å²) in [4.78, 5) is 85.1. The zero-order chi connectivity index (χ0) is 75.1. The Morgan fingerprint density at radius 2 is 1.28 bits per heavy atom. The molecule has 4 aromatic carbocycles. The summed E-state index contributed by atoms with van der Waals surface area (Å²) in [5, 5.41) is 153. The molecule has 5 aliphatic rings. The van der Waals surface area contributed by atoms with Gasteiger partial charge in [0.15, 0.2) is 24.4 Å². The quantitative estimate of drug-likeness (QED) is 0.0211. The first-order chi connectivity index (χ1) is 49.8. The third kappa shape index (κ3) is 19.8. The number of aliphatic hydroxyl groups excluding tert-OH is 11. The van der Waals surface area contributed by atoms with Gasteiger partial charge >= 0.3 is 0 Å². The average Bonchev–Trinajstić information content (AvgIpc) is 1.40. The fraction of sp³-hybridized carbons (Fsp3) is 0.529. The van der Waals surface area contributed by atoms with Gasteiger partial charge in [0, 0.05) is 31.2 Å². The lowest BCUT2D eigenvalue weighted by molar-refractivity contribution is -0.353. The Bertz CT molecular complexity index is 3540. The molecular weight excluding hydrogens is 1370 g/mol. The number of benzene rings is 4. The molecule has 5 heterocycles. The summed E-state index contributed by atoms with van der Waals surface area (Å²) in [7, 11) is 0. The van der Waals surface area contributed by atoms with Gasteiger partial charge in [-0.1, -0.05) is 72.8 Å². The lowest BCUT2D eigenvalue weighted by atomic mass is 9.96. The van der Waals surface area contributed by atoms with Crippen LogP contribution < -0.4 is 57.3 Å². The molecule has 5 saturated heterocycles. The van der Waals surface area contributed by atoms with Crippen LogP contribution in [0.5, 0.6) is 11.5 Å². The first-order valence-corrected chi connectivity index (χ1v) is 33.7. The molecule has 36 nitrogen and oxygen atoms in total. The van der Waals surface area contributed by atoms with E-state index in [2.05, 4.69) is 37.2 Å². The van der Waals surface area contributed by atoms with Crippen molar-refractivity contribution in [3.05, 3.63) is 125 Å². The van der Waals surface area contributed by atoms with Crippen LogP contribution in [0.4, 0.5) is 5.69 Å². The number of aryl methyl sites for hydroxylation is 1. The number of hydrogen-bond donors (Lipinski definition) is 21. The molecule has 5 aliphatic heterocycles. The first-order valence-electron chi connectivity index (χ1n) is 33.7. The van der Waals surface area contributed by atoms with Crippen LogP contribution >= 0.6 is 0 Å². The van der Waals surface area contributed by atoms with Gasteiger partial charge in [0.1, 0.15) is 109 Å². The van der Waals surface area contributed by atoms with Crippen LogP contribution in [0.3, 0.4) is 0 Å². The van der Waals surface area contributed by atoms with Crippen molar-refractivity contribution >= 4 is 53.4 Å². The van der Waals surface area contributed by atoms with Crippen LogP contribution in [0.2, 0.25) is 0 Å². The van der Waals surface area contributed by atoms with E-state index in [0.717, 1.165) is 20.9 Å². The molecule has 9 rings (SSSR count). The predicted molar refractivity (Wildman–Crippen MR) is 362 cm³/mol. The standard InChI is InChI=1S/C68H91N12O24/c1-33-8-6-7-11-46(33)79(50(85)25-72-62(96)45(27-82)78-63(97)44(77-61(95)43(69)21-38-23-73-67(70)76-38)22-40-24-74-68(71)80(40)64-56(91)53(88)51(86)47(28-83)101-64)34(2)60(94)75-39(26-81)20-35-12-18-42(19-13-35)100-65-58(93)55(90)59(48(29-84)102-65)104-66-57(92)54(89)52(87)49(103-66)32-98-30-37-14-16-41(17-15-37)99-31-36-9-4-3-5-10-36/h3-19,34,38-40,43-45,47-49,51-59,64-66,82-84,86-93H,20-25,27-32,69H2,1-2H3,(H2,71,74)(H,72,96)(H,75,94)(H,77,95)(H,78,97)(H3,70,73,76). The largest absolute Gasteiger partial charge is 0.489 e. The minimum absolute atomic E-state index is 0.00219. The van der Waals surface area contributed by atoms with Gasteiger partial charge in [0.05, 0.1) is 57.7 Å². The molecule has 0 aliphatic carbocycles. The molecule has 567 valence electrons. The lowest BCUT2D eigenvalue weighted by Crippen LogP contribution is -2.65. The Labute approximate surface area is 596 Å². The average molecular weight is 1460 g/mol. The molecule has 0 saturated carbocycles. The second-order valence-electron chi connectivity index (χ2n) is 25.8. The lowest BCUT2D eigenvalue weighted by Gasteiger charge is -2.46. The number of para-hydroxylation sites is 1. The Morgan fingerprint density at radius 1 is 0.654 bits per heavy atom. The van der Waals surface area contributed by atoms with E-state index in [1.165, 1.54) is 37.3 Å². The zero-order valence-electron chi connectivity index (χ0n) is 56.7. The second kappa shape index (κ2) is 36.9. The minimum atomic E-state index is -1.87. The summed E-state index contributed by atoms with van der Waals surface area (Å²) in [6.07, 6.45) is -23.9. The Kier molecular flexibility index (Phi) is 28.2. The maximum absolute atomic E-state index is 14.4. The van der Waals surface area contributed by atoms with Crippen LogP contribution in [0.15, 0.2) is 103 Å². The van der Waals surface area contributed by atoms with Crippen LogP contribution in [0.25, 0.3) is 0 Å². The van der Waals surface area contributed by atoms with Gasteiger partial charge in [0.25, 0.3) is 0 Å². The van der Waals surface area contributed by atoms with Gasteiger partial charge in [0.2, 0.25) is 42.1 Å². The minimum Gasteiger partial charge on any atom is -0.489 e. The van der Waals surface area contributed by atoms with E-state index in [1.54, 1.807) is 55.7 Å². The molecule has 22 atom stereocenters. The van der Waals surface area contributed by atoms with Crippen LogP contribution in [0, 0.1) is 17.7 Å². The number of nitrogens with one attached hydrogen (secondary N) is 9. The number of nitrogens with two attached hydrogens (primary N) is 1. The smallest absolute Gasteiger partial charge is 0.247 e. The zero-order valence-corrected chi connectivity index (χ0v) is 56.7. The van der Waals surface area contributed by atoms with Gasteiger partial charge in [-0.25, -0.2) is 0 Å². The van der Waals surface area contributed by atoms with Crippen molar-refractivity contribution in [1.82, 2.24) is 42.1 Å². The highest BCUT2D eigenvalue weighted by Crippen LogP contribution is 2.33. The Balaban J connectivity index is 0.778. The molecular formula is C68H91N12O24. The van der Waals surface area contributed by atoms with E-state index in [9.17, 15) is 84.9 Å². The summed E-state index contributed by atoms with van der Waals surface area (Å²) in [5.41, 5.74) is 9.16. The number of guanidine groups is 2. The number of rotatable bonds is 33. The number of ether oxygens (including phenoxy) is 7. The first kappa shape index (κ1) is 79.5. The number of hydrogen-bond acceptors (Lipinski definition) is 27. The predicted octanol–water partition coefficient (Wildman–Crippen LogP) is -6.95. The summed E-state index contributed by atoms with van der Waals surface area (Å²) in [6, 6.07) is 20.1. The molecule has 0 bridgehead atoms. The second-order valence-corrected chi connectivity index (χ2v) is 25.8. The molecule has 104 heavy (non-hydrogen) atoms. The van der Waals surface area contributed by atoms with Gasteiger partial charge < -0.3 is 137 Å². The van der Waals surface area contributed by atoms with E-state index < -0.39 is 197 Å². The third-order valence-corrected chi connectivity index (χ3v) is 18.4. The molecule has 0 spiro atoms. The van der Waals surface area contributed by atoms with Crippen molar-refractivity contribution in [2.24, 2.45) is 5.73 Å². The van der Waals surface area contributed by atoms with E-state index in [4.69, 9.17) is 49.7 Å². The maximum atomic E-state index is 14.4. The summed E-state index contributed by atoms with van der Waals surface area (Å²) >= 11 is 0. The molecule has 22 N–H and O–H groups in total. The summed E-state index contributed by atoms with van der Waals surface area (Å²) < 4.78 is 40.7. The molecule has 5 amide bonds. The number of nitrogens with zero attached hydrogens (tertiary/aromatic N) is 2. The van der Waals surface area contributed by atoms with Gasteiger partial charge in [-0.15, -0.1) is 0 Å². The number of amides is 5. The van der Waals surface area contributed by atoms with Crippen molar-refractivity contribution in [1.29, 1.82) is 10.8 Å². The number of aliphatic hydroxyl groups is 11. The normalized spacial score (nSPS) is 28.9. The Morgan fingerprint density at radius 3 is 1.94 bits per heavy atom. The van der Waals surface area contributed by atoms with Crippen molar-refractivity contribution in [2.45, 2.75) is 181 Å². The topological polar surface area (TPSA) is 554 Å². The SMILES string of the molecule is Cc1ccccc1N(C(=O)CNC(=O)C(CO)NC(=O)C(CC1CNC(=N)N1C1OC(CO)C(O)C(O)C1O)NC(=O)C(N)CC1CNC(=N)N1)C(C)C(=O)NC([C]=O)Cc1ccc(OC2OC(CO)C(OC3OC(COCc4ccc(OCc5ccccc5)cc4)C(O)C(O)C3O)C(O)C2O)cc1. The van der Waals surface area contributed by atoms with E-state index in [1.807, 2.05) is 30.3 Å². The number of carbonyl (C=O) groups is 5. The van der Waals surface area contributed by atoms with Crippen LogP contribution in [-0.4, -0.2) is 289 Å². The molecule has 4 aromatic rings. The summed E-state index contributed by atoms with van der Waals surface area (Å²) in [6.45, 7) is -0.222. The number of carbonyl (C=O) groups excluding carboxylic acids is 6. The monoisotopic (exact) mass is 1460 g/mol. The van der Waals surface area contributed by atoms with Crippen molar-refractivity contribution in [3.8, 4) is 11.5 Å². The van der Waals surface area contributed by atoms with E-state index >= 15 is 0 Å². The highest BCUT2D eigenvalue weighted by Gasteiger charge is 2.53. The fourth-order valence-electron chi connectivity index (χ4n) is 12.5. The fourth-order valence-corrected chi connectivity index (χ4v) is 12.5. The summed E-state index contributed by atoms with van der Waals surface area (Å²) in [5.74, 6) is -4.47. The van der Waals surface area contributed by atoms with E-state index in [-0.39, 0.29) is 62.5 Å². The highest BCUT2D eigenvalue weighted by atomic mass is 16.7. The van der Waals surface area contributed by atoms with Gasteiger partial charge in [-0.2, -0.15) is 0 Å². The van der Waals surface area contributed by atoms with Crippen LogP contribution in [-0.2, 0) is 72.1 Å². The van der Waals surface area contributed by atoms with E-state index in [0.29, 0.717) is 23.5 Å². The molecule has 36 heteroatoms. The maximum Gasteiger partial charge on any atom is 0.247 e. The molecule has 1 radical (unpaired) electrons. The Hall–Kier alpha value is -8.64. The molecule has 22 unspecified atom stereocenters.